The van der Waals surface area contributed by atoms with Crippen molar-refractivity contribution in [3.05, 3.63) is 126 Å². The number of nitrogens with one attached hydrogen (secondary N) is 2. The number of Topliss-reactive ketones (excluding diaryl/α,β-unsaturated/α-hetero) is 1. The third-order valence-electron chi connectivity index (χ3n) is 4.98. The van der Waals surface area contributed by atoms with Gasteiger partial charge in [-0.25, -0.2) is 0 Å². The van der Waals surface area contributed by atoms with E-state index in [1.807, 2.05) is 36.4 Å². The van der Waals surface area contributed by atoms with Crippen LogP contribution in [-0.4, -0.2) is 17.6 Å². The predicted molar refractivity (Wildman–Crippen MR) is 126 cm³/mol. The lowest BCUT2D eigenvalue weighted by Gasteiger charge is -2.06. The first-order chi connectivity index (χ1) is 16.1. The maximum Gasteiger partial charge on any atom is 0.261 e. The van der Waals surface area contributed by atoms with Crippen LogP contribution in [0.1, 0.15) is 31.1 Å². The number of anilines is 2. The van der Waals surface area contributed by atoms with Gasteiger partial charge in [0.1, 0.15) is 5.56 Å². The number of pyridine rings is 1. The van der Waals surface area contributed by atoms with Gasteiger partial charge in [-0.05, 0) is 54.6 Å². The van der Waals surface area contributed by atoms with E-state index < -0.39 is 0 Å². The second-order valence-electron chi connectivity index (χ2n) is 7.41. The Morgan fingerprint density at radius 2 is 1.12 bits per heavy atom. The summed E-state index contributed by atoms with van der Waals surface area (Å²) in [7, 11) is 0. The number of benzene rings is 3. The van der Waals surface area contributed by atoms with Gasteiger partial charge in [-0.2, -0.15) is 4.57 Å². The Morgan fingerprint density at radius 3 is 1.79 bits per heavy atom. The molecule has 1 heterocycles. The van der Waals surface area contributed by atoms with E-state index in [0.29, 0.717) is 28.1 Å². The molecule has 4 aromatic rings. The minimum Gasteiger partial charge on any atom is -0.322 e. The van der Waals surface area contributed by atoms with Crippen LogP contribution < -0.4 is 15.2 Å². The third kappa shape index (κ3) is 5.77. The smallest absolute Gasteiger partial charge is 0.261 e. The van der Waals surface area contributed by atoms with Gasteiger partial charge < -0.3 is 10.6 Å². The van der Waals surface area contributed by atoms with Crippen LogP contribution >= 0.6 is 0 Å². The standard InChI is InChI=1S/C27H21N3O3/c31-25(20-13-15-24(16-14-20)29-26(32)21-8-3-1-4-9-21)19-30-17-7-10-22(18-30)27(33)28-23-11-5-2-6-12-23/h1-18H,19H2,(H-,28,29,31,32,33)/p+1. The molecule has 0 unspecified atom stereocenters. The molecule has 4 rings (SSSR count). The van der Waals surface area contributed by atoms with Gasteiger partial charge in [-0.3, -0.25) is 14.4 Å². The first kappa shape index (κ1) is 21.6. The van der Waals surface area contributed by atoms with Crippen LogP contribution in [0.5, 0.6) is 0 Å². The number of rotatable bonds is 7. The summed E-state index contributed by atoms with van der Waals surface area (Å²) in [5.74, 6) is -0.570. The molecule has 162 valence electrons. The van der Waals surface area contributed by atoms with Crippen LogP contribution in [0.25, 0.3) is 0 Å². The molecule has 0 radical (unpaired) electrons. The van der Waals surface area contributed by atoms with Crippen LogP contribution in [0.15, 0.2) is 109 Å². The van der Waals surface area contributed by atoms with Crippen molar-refractivity contribution in [2.45, 2.75) is 6.54 Å². The van der Waals surface area contributed by atoms with Crippen LogP contribution in [0.4, 0.5) is 11.4 Å². The van der Waals surface area contributed by atoms with Crippen molar-refractivity contribution < 1.29 is 19.0 Å². The van der Waals surface area contributed by atoms with E-state index in [0.717, 1.165) is 0 Å². The zero-order valence-corrected chi connectivity index (χ0v) is 17.8. The van der Waals surface area contributed by atoms with Crippen LogP contribution in [0, 0.1) is 0 Å². The second-order valence-corrected chi connectivity index (χ2v) is 7.41. The SMILES string of the molecule is O=C(C[n+]1cccc(C(=O)Nc2ccccc2)c1)c1ccc(NC(=O)c2ccccc2)cc1. The highest BCUT2D eigenvalue weighted by molar-refractivity contribution is 6.05. The Balaban J connectivity index is 1.38. The number of carbonyl (C=O) groups is 3. The van der Waals surface area contributed by atoms with Crippen molar-refractivity contribution in [3.8, 4) is 0 Å². The molecule has 0 saturated heterocycles. The van der Waals surface area contributed by atoms with Gasteiger partial charge in [0.2, 0.25) is 12.3 Å². The summed E-state index contributed by atoms with van der Waals surface area (Å²) in [6.07, 6.45) is 3.39. The molecular formula is C27H22N3O3+. The molecule has 33 heavy (non-hydrogen) atoms. The number of carbonyl (C=O) groups excluding carboxylic acids is 3. The Morgan fingerprint density at radius 1 is 0.576 bits per heavy atom. The topological polar surface area (TPSA) is 79.2 Å². The molecular weight excluding hydrogens is 414 g/mol. The van der Waals surface area contributed by atoms with Crippen molar-refractivity contribution in [1.29, 1.82) is 0 Å². The van der Waals surface area contributed by atoms with Gasteiger partial charge in [0.25, 0.3) is 11.8 Å². The highest BCUT2D eigenvalue weighted by Crippen LogP contribution is 2.12. The predicted octanol–water partition coefficient (Wildman–Crippen LogP) is 4.36. The zero-order chi connectivity index (χ0) is 23.0. The number of hydrogen-bond donors (Lipinski definition) is 2. The van der Waals surface area contributed by atoms with E-state index in [-0.39, 0.29) is 24.1 Å². The Hall–Kier alpha value is -4.58. The number of para-hydroxylation sites is 1. The summed E-state index contributed by atoms with van der Waals surface area (Å²) in [4.78, 5) is 37.5. The molecule has 0 fully saturated rings. The zero-order valence-electron chi connectivity index (χ0n) is 17.8. The van der Waals surface area contributed by atoms with Crippen LogP contribution in [-0.2, 0) is 6.54 Å². The molecule has 0 aliphatic carbocycles. The van der Waals surface area contributed by atoms with Gasteiger partial charge in [0.15, 0.2) is 12.4 Å². The van der Waals surface area contributed by atoms with Gasteiger partial charge in [0, 0.05) is 28.6 Å². The summed E-state index contributed by atoms with van der Waals surface area (Å²) in [6, 6.07) is 28.3. The van der Waals surface area contributed by atoms with Gasteiger partial charge in [-0.15, -0.1) is 0 Å². The summed E-state index contributed by atoms with van der Waals surface area (Å²) < 4.78 is 1.67. The molecule has 0 saturated carbocycles. The summed E-state index contributed by atoms with van der Waals surface area (Å²) in [5, 5.41) is 5.65. The molecule has 0 bridgehead atoms. The number of hydrogen-bond acceptors (Lipinski definition) is 3. The molecule has 6 heteroatoms. The molecule has 0 atom stereocenters. The Kier molecular flexibility index (Phi) is 6.66. The molecule has 3 aromatic carbocycles. The van der Waals surface area contributed by atoms with Gasteiger partial charge in [-0.1, -0.05) is 36.4 Å². The summed E-state index contributed by atoms with van der Waals surface area (Å²) in [5.41, 5.74) is 2.83. The molecule has 0 aliphatic rings. The minimum atomic E-state index is -0.249. The van der Waals surface area contributed by atoms with E-state index in [4.69, 9.17) is 0 Å². The van der Waals surface area contributed by atoms with Crippen molar-refractivity contribution in [2.75, 3.05) is 10.6 Å². The largest absolute Gasteiger partial charge is 0.322 e. The number of aromatic nitrogens is 1. The monoisotopic (exact) mass is 436 g/mol. The first-order valence-corrected chi connectivity index (χ1v) is 10.4. The fourth-order valence-electron chi connectivity index (χ4n) is 3.27. The van der Waals surface area contributed by atoms with Crippen LogP contribution in [0.3, 0.4) is 0 Å². The number of amides is 2. The molecule has 0 spiro atoms. The molecule has 2 N–H and O–H groups in total. The summed E-state index contributed by atoms with van der Waals surface area (Å²) >= 11 is 0. The molecule has 2 amide bonds. The highest BCUT2D eigenvalue weighted by Gasteiger charge is 2.16. The first-order valence-electron chi connectivity index (χ1n) is 10.4. The second kappa shape index (κ2) is 10.2. The third-order valence-corrected chi connectivity index (χ3v) is 4.98. The van der Waals surface area contributed by atoms with Crippen molar-refractivity contribution >= 4 is 29.0 Å². The van der Waals surface area contributed by atoms with Crippen molar-refractivity contribution in [2.24, 2.45) is 0 Å². The maximum atomic E-state index is 12.7. The number of ketones is 1. The van der Waals surface area contributed by atoms with E-state index in [1.165, 1.54) is 0 Å². The van der Waals surface area contributed by atoms with E-state index in [9.17, 15) is 14.4 Å². The molecule has 6 nitrogen and oxygen atoms in total. The van der Waals surface area contributed by atoms with Gasteiger partial charge >= 0.3 is 0 Å². The normalized spacial score (nSPS) is 10.3. The fourth-order valence-corrected chi connectivity index (χ4v) is 3.27. The van der Waals surface area contributed by atoms with Crippen molar-refractivity contribution in [1.82, 2.24) is 0 Å². The van der Waals surface area contributed by atoms with Gasteiger partial charge in [0.05, 0.1) is 0 Å². The van der Waals surface area contributed by atoms with E-state index in [2.05, 4.69) is 10.6 Å². The van der Waals surface area contributed by atoms with E-state index in [1.54, 1.807) is 77.6 Å². The van der Waals surface area contributed by atoms with Crippen LogP contribution in [0.2, 0.25) is 0 Å². The lowest BCUT2D eigenvalue weighted by Crippen LogP contribution is -2.38. The lowest BCUT2D eigenvalue weighted by molar-refractivity contribution is -0.683. The molecule has 1 aromatic heterocycles. The Bertz CT molecular complexity index is 1270. The molecule has 0 aliphatic heterocycles. The van der Waals surface area contributed by atoms with Crippen molar-refractivity contribution in [3.63, 3.8) is 0 Å². The number of nitrogens with zero attached hydrogens (tertiary/aromatic N) is 1. The highest BCUT2D eigenvalue weighted by atomic mass is 16.2. The quantitative estimate of drug-likeness (QED) is 0.334. The average molecular weight is 436 g/mol. The summed E-state index contributed by atoms with van der Waals surface area (Å²) in [6.45, 7) is 0.0855. The minimum absolute atomic E-state index is 0.0855. The fraction of sp³-hybridized carbons (Fsp3) is 0.0370. The van der Waals surface area contributed by atoms with E-state index >= 15 is 0 Å². The maximum absolute atomic E-state index is 12.7. The Labute approximate surface area is 191 Å². The lowest BCUT2D eigenvalue weighted by atomic mass is 10.1. The average Bonchev–Trinajstić information content (AvgIpc) is 2.86.